The lowest BCUT2D eigenvalue weighted by Crippen LogP contribution is -1.90. The molecule has 0 aliphatic rings. The second-order valence-corrected chi connectivity index (χ2v) is 1.81. The van der Waals surface area contributed by atoms with Crippen molar-refractivity contribution in [2.24, 2.45) is 10.7 Å². The maximum absolute atomic E-state index is 10.3. The van der Waals surface area contributed by atoms with Gasteiger partial charge in [0.25, 0.3) is 0 Å². The SMILES string of the molecule is N/C=N/c1ncccc1C=O. The summed E-state index contributed by atoms with van der Waals surface area (Å²) in [6.45, 7) is 0. The van der Waals surface area contributed by atoms with Gasteiger partial charge in [0.15, 0.2) is 12.1 Å². The number of carbonyl (C=O) groups excluding carboxylic acids is 1. The summed E-state index contributed by atoms with van der Waals surface area (Å²) >= 11 is 0. The molecule has 0 aromatic carbocycles. The molecular formula is C7H7N3O. The molecule has 0 spiro atoms. The Balaban J connectivity index is 3.11. The molecule has 4 heteroatoms. The quantitative estimate of drug-likeness (QED) is 0.378. The number of carbonyl (C=O) groups is 1. The molecule has 0 atom stereocenters. The number of rotatable bonds is 2. The van der Waals surface area contributed by atoms with Crippen LogP contribution in [0.1, 0.15) is 10.4 Å². The summed E-state index contributed by atoms with van der Waals surface area (Å²) in [5.74, 6) is 0.352. The second-order valence-electron chi connectivity index (χ2n) is 1.81. The zero-order valence-electron chi connectivity index (χ0n) is 5.77. The summed E-state index contributed by atoms with van der Waals surface area (Å²) < 4.78 is 0. The normalized spacial score (nSPS) is 10.2. The number of pyridine rings is 1. The highest BCUT2D eigenvalue weighted by molar-refractivity contribution is 5.82. The van der Waals surface area contributed by atoms with E-state index in [1.54, 1.807) is 18.3 Å². The molecule has 0 radical (unpaired) electrons. The molecule has 0 aliphatic carbocycles. The van der Waals surface area contributed by atoms with Gasteiger partial charge in [-0.05, 0) is 12.1 Å². The predicted molar refractivity (Wildman–Crippen MR) is 42.0 cm³/mol. The first kappa shape index (κ1) is 7.40. The zero-order chi connectivity index (χ0) is 8.10. The van der Waals surface area contributed by atoms with E-state index in [4.69, 9.17) is 5.73 Å². The van der Waals surface area contributed by atoms with E-state index in [9.17, 15) is 4.79 Å². The number of aliphatic imine (C=N–C) groups is 1. The van der Waals surface area contributed by atoms with Crippen molar-refractivity contribution in [2.45, 2.75) is 0 Å². The third-order valence-corrected chi connectivity index (χ3v) is 1.14. The van der Waals surface area contributed by atoms with Crippen molar-refractivity contribution in [3.63, 3.8) is 0 Å². The fourth-order valence-electron chi connectivity index (χ4n) is 0.680. The van der Waals surface area contributed by atoms with Crippen molar-refractivity contribution in [3.05, 3.63) is 23.9 Å². The van der Waals surface area contributed by atoms with Gasteiger partial charge in [-0.1, -0.05) is 0 Å². The lowest BCUT2D eigenvalue weighted by atomic mass is 10.3. The highest BCUT2D eigenvalue weighted by atomic mass is 16.1. The van der Waals surface area contributed by atoms with Gasteiger partial charge in [0.2, 0.25) is 0 Å². The van der Waals surface area contributed by atoms with Crippen molar-refractivity contribution in [1.82, 2.24) is 4.98 Å². The van der Waals surface area contributed by atoms with Crippen molar-refractivity contribution in [1.29, 1.82) is 0 Å². The van der Waals surface area contributed by atoms with Crippen LogP contribution < -0.4 is 5.73 Å². The maximum Gasteiger partial charge on any atom is 0.164 e. The first-order valence-electron chi connectivity index (χ1n) is 3.03. The van der Waals surface area contributed by atoms with Gasteiger partial charge >= 0.3 is 0 Å². The summed E-state index contributed by atoms with van der Waals surface area (Å²) in [5, 5.41) is 0. The topological polar surface area (TPSA) is 68.3 Å². The Hall–Kier alpha value is -1.71. The van der Waals surface area contributed by atoms with E-state index in [-0.39, 0.29) is 0 Å². The highest BCUT2D eigenvalue weighted by Gasteiger charge is 1.96. The summed E-state index contributed by atoms with van der Waals surface area (Å²) in [4.78, 5) is 17.9. The second kappa shape index (κ2) is 3.46. The van der Waals surface area contributed by atoms with Gasteiger partial charge < -0.3 is 5.73 Å². The van der Waals surface area contributed by atoms with E-state index < -0.39 is 0 Å². The molecule has 0 saturated heterocycles. The van der Waals surface area contributed by atoms with Gasteiger partial charge in [0.1, 0.15) is 0 Å². The smallest absolute Gasteiger partial charge is 0.164 e. The Morgan fingerprint density at radius 3 is 3.09 bits per heavy atom. The van der Waals surface area contributed by atoms with Crippen LogP contribution in [0.2, 0.25) is 0 Å². The van der Waals surface area contributed by atoms with Gasteiger partial charge in [0, 0.05) is 6.20 Å². The summed E-state index contributed by atoms with van der Waals surface area (Å²) in [7, 11) is 0. The van der Waals surface area contributed by atoms with Crippen LogP contribution in [0.15, 0.2) is 23.3 Å². The maximum atomic E-state index is 10.3. The minimum atomic E-state index is 0.352. The van der Waals surface area contributed by atoms with Gasteiger partial charge in [-0.25, -0.2) is 9.98 Å². The Kier molecular flexibility index (Phi) is 2.32. The van der Waals surface area contributed by atoms with Crippen molar-refractivity contribution in [3.8, 4) is 0 Å². The first-order valence-corrected chi connectivity index (χ1v) is 3.03. The van der Waals surface area contributed by atoms with Crippen molar-refractivity contribution >= 4 is 18.4 Å². The van der Waals surface area contributed by atoms with Crippen LogP contribution in [-0.2, 0) is 0 Å². The number of aromatic nitrogens is 1. The molecule has 0 fully saturated rings. The van der Waals surface area contributed by atoms with Crippen LogP contribution in [0.3, 0.4) is 0 Å². The predicted octanol–water partition coefficient (Wildman–Crippen LogP) is 0.513. The van der Waals surface area contributed by atoms with Crippen LogP contribution in [-0.4, -0.2) is 17.6 Å². The molecule has 0 saturated carbocycles. The first-order chi connectivity index (χ1) is 5.38. The largest absolute Gasteiger partial charge is 0.390 e. The van der Waals surface area contributed by atoms with Crippen molar-refractivity contribution < 1.29 is 4.79 Å². The van der Waals surface area contributed by atoms with Crippen LogP contribution in [0.5, 0.6) is 0 Å². The van der Waals surface area contributed by atoms with E-state index in [1.165, 1.54) is 0 Å². The molecule has 1 aromatic rings. The highest BCUT2D eigenvalue weighted by Crippen LogP contribution is 2.10. The molecule has 4 nitrogen and oxygen atoms in total. The Morgan fingerprint density at radius 2 is 2.45 bits per heavy atom. The van der Waals surface area contributed by atoms with E-state index in [0.717, 1.165) is 6.34 Å². The minimum Gasteiger partial charge on any atom is -0.390 e. The molecule has 1 aromatic heterocycles. The minimum absolute atomic E-state index is 0.352. The number of aldehydes is 1. The third-order valence-electron chi connectivity index (χ3n) is 1.14. The lowest BCUT2D eigenvalue weighted by Gasteiger charge is -1.93. The number of nitrogens with two attached hydrogens (primary N) is 1. The lowest BCUT2D eigenvalue weighted by molar-refractivity contribution is 0.112. The van der Waals surface area contributed by atoms with Crippen LogP contribution in [0, 0.1) is 0 Å². The number of hydrogen-bond donors (Lipinski definition) is 1. The molecule has 0 amide bonds. The molecule has 1 rings (SSSR count). The van der Waals surface area contributed by atoms with Crippen LogP contribution >= 0.6 is 0 Å². The van der Waals surface area contributed by atoms with Gasteiger partial charge in [-0.3, -0.25) is 4.79 Å². The standard InChI is InChI=1S/C7H7N3O/c8-5-10-7-6(4-11)2-1-3-9-7/h1-5H,(H2,8,9,10). The fourth-order valence-corrected chi connectivity index (χ4v) is 0.680. The average Bonchev–Trinajstić information content (AvgIpc) is 2.06. The average molecular weight is 149 g/mol. The molecule has 2 N–H and O–H groups in total. The van der Waals surface area contributed by atoms with E-state index >= 15 is 0 Å². The Morgan fingerprint density at radius 1 is 1.64 bits per heavy atom. The number of nitrogens with zero attached hydrogens (tertiary/aromatic N) is 2. The van der Waals surface area contributed by atoms with Gasteiger partial charge in [-0.15, -0.1) is 0 Å². The monoisotopic (exact) mass is 149 g/mol. The van der Waals surface area contributed by atoms with Gasteiger partial charge in [-0.2, -0.15) is 0 Å². The fraction of sp³-hybridized carbons (Fsp3) is 0. The Labute approximate surface area is 63.8 Å². The molecule has 56 valence electrons. The molecule has 0 aliphatic heterocycles. The molecule has 0 unspecified atom stereocenters. The molecule has 0 bridgehead atoms. The third kappa shape index (κ3) is 1.61. The van der Waals surface area contributed by atoms with E-state index in [1.807, 2.05) is 0 Å². The molecule has 1 heterocycles. The summed E-state index contributed by atoms with van der Waals surface area (Å²) in [6, 6.07) is 3.29. The Bertz CT molecular complexity index is 283. The molecule has 11 heavy (non-hydrogen) atoms. The molecular weight excluding hydrogens is 142 g/mol. The van der Waals surface area contributed by atoms with Crippen LogP contribution in [0.25, 0.3) is 0 Å². The van der Waals surface area contributed by atoms with E-state index in [0.29, 0.717) is 17.7 Å². The number of hydrogen-bond acceptors (Lipinski definition) is 3. The van der Waals surface area contributed by atoms with E-state index in [2.05, 4.69) is 9.98 Å². The summed E-state index contributed by atoms with van der Waals surface area (Å²) in [6.07, 6.45) is 3.35. The van der Waals surface area contributed by atoms with Gasteiger partial charge in [0.05, 0.1) is 11.9 Å². The summed E-state index contributed by atoms with van der Waals surface area (Å²) in [5.41, 5.74) is 5.48. The van der Waals surface area contributed by atoms with Crippen LogP contribution in [0.4, 0.5) is 5.82 Å². The zero-order valence-corrected chi connectivity index (χ0v) is 5.77. The van der Waals surface area contributed by atoms with Crippen molar-refractivity contribution in [2.75, 3.05) is 0 Å².